The molecule has 3 aromatic rings. The first kappa shape index (κ1) is 24.4. The summed E-state index contributed by atoms with van der Waals surface area (Å²) in [6, 6.07) is 16.8. The molecule has 0 saturated carbocycles. The number of aliphatic carboxylic acids is 1. The number of nitrogens with zero attached hydrogens (tertiary/aromatic N) is 1. The summed E-state index contributed by atoms with van der Waals surface area (Å²) >= 11 is 5.89. The van der Waals surface area contributed by atoms with E-state index in [-0.39, 0.29) is 35.9 Å². The third-order valence-corrected chi connectivity index (χ3v) is 6.53. The van der Waals surface area contributed by atoms with Gasteiger partial charge in [-0.05, 0) is 60.4 Å². The molecular formula is C23H22ClN3O5S. The number of rotatable bonds is 10. The van der Waals surface area contributed by atoms with Gasteiger partial charge in [0.1, 0.15) is 11.7 Å². The first-order chi connectivity index (χ1) is 15.8. The van der Waals surface area contributed by atoms with Crippen LogP contribution in [0.25, 0.3) is 11.1 Å². The number of benzene rings is 2. The maximum Gasteiger partial charge on any atom is 0.321 e. The average molecular weight is 488 g/mol. The zero-order valence-corrected chi connectivity index (χ0v) is 19.0. The first-order valence-electron chi connectivity index (χ1n) is 10.1. The Morgan fingerprint density at radius 2 is 1.61 bits per heavy atom. The van der Waals surface area contributed by atoms with Crippen molar-refractivity contribution in [1.82, 2.24) is 15.0 Å². The predicted octanol–water partition coefficient (Wildman–Crippen LogP) is 3.34. The summed E-state index contributed by atoms with van der Waals surface area (Å²) in [4.78, 5) is 27.4. The number of aromatic nitrogens is 1. The van der Waals surface area contributed by atoms with Crippen LogP contribution in [0.5, 0.6) is 0 Å². The molecule has 172 valence electrons. The van der Waals surface area contributed by atoms with Crippen molar-refractivity contribution in [2.75, 3.05) is 6.54 Å². The van der Waals surface area contributed by atoms with E-state index in [1.165, 1.54) is 18.3 Å². The fraction of sp³-hybridized carbons (Fsp3) is 0.174. The molecule has 0 saturated heterocycles. The van der Waals surface area contributed by atoms with E-state index >= 15 is 0 Å². The lowest BCUT2D eigenvalue weighted by Gasteiger charge is -2.15. The van der Waals surface area contributed by atoms with Crippen molar-refractivity contribution in [2.24, 2.45) is 0 Å². The van der Waals surface area contributed by atoms with Gasteiger partial charge in [0.25, 0.3) is 5.91 Å². The van der Waals surface area contributed by atoms with E-state index < -0.39 is 22.0 Å². The fourth-order valence-electron chi connectivity index (χ4n) is 3.05. The summed E-state index contributed by atoms with van der Waals surface area (Å²) in [5, 5.41) is 12.7. The number of nitrogens with one attached hydrogen (secondary N) is 2. The minimum absolute atomic E-state index is 0.0000795. The molecule has 1 unspecified atom stereocenters. The summed E-state index contributed by atoms with van der Waals surface area (Å²) < 4.78 is 27.6. The Bertz CT molecular complexity index is 1200. The highest BCUT2D eigenvalue weighted by molar-refractivity contribution is 7.89. The van der Waals surface area contributed by atoms with E-state index in [0.29, 0.717) is 5.02 Å². The molecule has 2 aromatic carbocycles. The van der Waals surface area contributed by atoms with Crippen molar-refractivity contribution in [3.63, 3.8) is 0 Å². The van der Waals surface area contributed by atoms with Crippen molar-refractivity contribution in [1.29, 1.82) is 0 Å². The molecule has 8 nitrogen and oxygen atoms in total. The van der Waals surface area contributed by atoms with E-state index in [0.717, 1.165) is 11.1 Å². The Kier molecular flexibility index (Phi) is 8.16. The number of hydrogen-bond donors (Lipinski definition) is 3. The highest BCUT2D eigenvalue weighted by Gasteiger charge is 2.25. The van der Waals surface area contributed by atoms with Crippen LogP contribution in [0.3, 0.4) is 0 Å². The number of carboxylic acids is 1. The topological polar surface area (TPSA) is 125 Å². The SMILES string of the molecule is O=C(NCCCC(NS(=O)(=O)c1ccc(-c2ccc(Cl)cc2)cc1)C(=O)O)c1ccccn1. The van der Waals surface area contributed by atoms with Crippen LogP contribution in [-0.4, -0.2) is 43.0 Å². The molecule has 10 heteroatoms. The molecule has 0 bridgehead atoms. The molecule has 1 amide bonds. The number of halogens is 1. The molecule has 1 aromatic heterocycles. The fourth-order valence-corrected chi connectivity index (χ4v) is 4.40. The van der Waals surface area contributed by atoms with Gasteiger partial charge in [0.05, 0.1) is 4.90 Å². The van der Waals surface area contributed by atoms with Crippen molar-refractivity contribution < 1.29 is 23.1 Å². The maximum absolute atomic E-state index is 12.7. The van der Waals surface area contributed by atoms with Crippen molar-refractivity contribution in [2.45, 2.75) is 23.8 Å². The molecule has 0 aliphatic carbocycles. The average Bonchev–Trinajstić information content (AvgIpc) is 2.82. The van der Waals surface area contributed by atoms with Gasteiger partial charge in [0.15, 0.2) is 0 Å². The molecule has 0 aliphatic rings. The van der Waals surface area contributed by atoms with E-state index in [9.17, 15) is 23.1 Å². The van der Waals surface area contributed by atoms with Crippen molar-refractivity contribution >= 4 is 33.5 Å². The van der Waals surface area contributed by atoms with Crippen LogP contribution >= 0.6 is 11.6 Å². The number of hydrogen-bond acceptors (Lipinski definition) is 5. The minimum atomic E-state index is -4.06. The van der Waals surface area contributed by atoms with Crippen LogP contribution in [0.1, 0.15) is 23.3 Å². The van der Waals surface area contributed by atoms with Gasteiger partial charge < -0.3 is 10.4 Å². The number of carbonyl (C=O) groups excluding carboxylic acids is 1. The number of carboxylic acid groups (broad SMARTS) is 1. The summed E-state index contributed by atoms with van der Waals surface area (Å²) in [6.07, 6.45) is 1.75. The predicted molar refractivity (Wildman–Crippen MR) is 124 cm³/mol. The van der Waals surface area contributed by atoms with Crippen LogP contribution < -0.4 is 10.0 Å². The molecule has 1 atom stereocenters. The van der Waals surface area contributed by atoms with Crippen molar-refractivity contribution in [3.8, 4) is 11.1 Å². The summed E-state index contributed by atoms with van der Waals surface area (Å²) in [6.45, 7) is 0.177. The second-order valence-electron chi connectivity index (χ2n) is 7.16. The molecule has 1 heterocycles. The summed E-state index contributed by atoms with van der Waals surface area (Å²) in [5.41, 5.74) is 1.91. The maximum atomic E-state index is 12.7. The summed E-state index contributed by atoms with van der Waals surface area (Å²) in [5.74, 6) is -1.68. The van der Waals surface area contributed by atoms with Crippen molar-refractivity contribution in [3.05, 3.63) is 83.6 Å². The Labute approximate surface area is 196 Å². The zero-order valence-electron chi connectivity index (χ0n) is 17.4. The number of carbonyl (C=O) groups is 2. The normalized spacial score (nSPS) is 12.2. The monoisotopic (exact) mass is 487 g/mol. The number of sulfonamides is 1. The van der Waals surface area contributed by atoms with E-state index in [2.05, 4.69) is 15.0 Å². The molecular weight excluding hydrogens is 466 g/mol. The molecule has 0 fully saturated rings. The van der Waals surface area contributed by atoms with Gasteiger partial charge in [-0.15, -0.1) is 0 Å². The van der Waals surface area contributed by atoms with Crippen LogP contribution in [0.2, 0.25) is 5.02 Å². The lowest BCUT2D eigenvalue weighted by molar-refractivity contribution is -0.139. The quantitative estimate of drug-likeness (QED) is 0.376. The molecule has 3 rings (SSSR count). The number of amides is 1. The van der Waals surface area contributed by atoms with Gasteiger partial charge in [-0.2, -0.15) is 4.72 Å². The van der Waals surface area contributed by atoms with E-state index in [1.807, 2.05) is 12.1 Å². The first-order valence-corrected chi connectivity index (χ1v) is 11.9. The third kappa shape index (κ3) is 6.85. The van der Waals surface area contributed by atoms with E-state index in [4.69, 9.17) is 11.6 Å². The van der Waals surface area contributed by atoms with Gasteiger partial charge in [-0.1, -0.05) is 41.9 Å². The Morgan fingerprint density at radius 3 is 2.18 bits per heavy atom. The van der Waals surface area contributed by atoms with Gasteiger partial charge in [-0.3, -0.25) is 14.6 Å². The Balaban J connectivity index is 1.58. The van der Waals surface area contributed by atoms with E-state index in [1.54, 1.807) is 42.5 Å². The van der Waals surface area contributed by atoms with Gasteiger partial charge >= 0.3 is 5.97 Å². The standard InChI is InChI=1S/C23H22ClN3O5S/c24-18-10-6-16(7-11-18)17-8-12-19(13-9-17)33(31,32)27-21(23(29)30)5-3-15-26-22(28)20-4-1-2-14-25-20/h1-2,4,6-14,21,27H,3,5,15H2,(H,26,28)(H,29,30). The van der Waals surface area contributed by atoms with Crippen LogP contribution in [0.4, 0.5) is 0 Å². The van der Waals surface area contributed by atoms with Gasteiger partial charge in [0, 0.05) is 17.8 Å². The lowest BCUT2D eigenvalue weighted by Crippen LogP contribution is -2.41. The smallest absolute Gasteiger partial charge is 0.321 e. The Hall–Kier alpha value is -3.27. The highest BCUT2D eigenvalue weighted by Crippen LogP contribution is 2.23. The van der Waals surface area contributed by atoms with Gasteiger partial charge in [0.2, 0.25) is 10.0 Å². The highest BCUT2D eigenvalue weighted by atomic mass is 35.5. The largest absolute Gasteiger partial charge is 0.480 e. The van der Waals surface area contributed by atoms with Crippen LogP contribution in [0.15, 0.2) is 77.8 Å². The second-order valence-corrected chi connectivity index (χ2v) is 9.31. The van der Waals surface area contributed by atoms with Crippen LogP contribution in [-0.2, 0) is 14.8 Å². The number of pyridine rings is 1. The second kappa shape index (κ2) is 11.0. The third-order valence-electron chi connectivity index (χ3n) is 4.79. The molecule has 0 aliphatic heterocycles. The zero-order chi connectivity index (χ0) is 23.8. The Morgan fingerprint density at radius 1 is 0.970 bits per heavy atom. The minimum Gasteiger partial charge on any atom is -0.480 e. The van der Waals surface area contributed by atoms with Crippen LogP contribution in [0, 0.1) is 0 Å². The molecule has 0 spiro atoms. The molecule has 0 radical (unpaired) electrons. The molecule has 33 heavy (non-hydrogen) atoms. The lowest BCUT2D eigenvalue weighted by atomic mass is 10.1. The summed E-state index contributed by atoms with van der Waals surface area (Å²) in [7, 11) is -4.06. The molecule has 3 N–H and O–H groups in total. The van der Waals surface area contributed by atoms with Gasteiger partial charge in [-0.25, -0.2) is 8.42 Å².